The minimum atomic E-state index is 0.182. The van der Waals surface area contributed by atoms with Crippen LogP contribution in [0.3, 0.4) is 0 Å². The SMILES string of the molecule is CC(C)(C)N1CCC(Nc2ncc(C#N)c(N)n2)C1. The van der Waals surface area contributed by atoms with Gasteiger partial charge in [0, 0.05) is 24.7 Å². The molecule has 2 heterocycles. The van der Waals surface area contributed by atoms with Crippen molar-refractivity contribution >= 4 is 11.8 Å². The van der Waals surface area contributed by atoms with Gasteiger partial charge in [-0.3, -0.25) is 4.90 Å². The van der Waals surface area contributed by atoms with Crippen LogP contribution in [0.5, 0.6) is 0 Å². The Balaban J connectivity index is 2.00. The standard InChI is InChI=1S/C13H20N6/c1-13(2,3)19-5-4-10(8-19)17-12-16-7-9(6-14)11(15)18-12/h7,10H,4-5,8H2,1-3H3,(H3,15,16,17,18). The van der Waals surface area contributed by atoms with E-state index in [4.69, 9.17) is 11.0 Å². The summed E-state index contributed by atoms with van der Waals surface area (Å²) in [6.07, 6.45) is 2.52. The number of likely N-dealkylation sites (tertiary alicyclic amines) is 1. The molecule has 0 aromatic carbocycles. The lowest BCUT2D eigenvalue weighted by Gasteiger charge is -2.31. The number of aromatic nitrogens is 2. The number of hydrogen-bond acceptors (Lipinski definition) is 6. The molecule has 1 aromatic rings. The zero-order valence-corrected chi connectivity index (χ0v) is 11.6. The molecule has 2 rings (SSSR count). The Labute approximate surface area is 113 Å². The zero-order valence-electron chi connectivity index (χ0n) is 11.6. The summed E-state index contributed by atoms with van der Waals surface area (Å²) in [4.78, 5) is 10.7. The maximum absolute atomic E-state index is 8.78. The molecule has 1 saturated heterocycles. The lowest BCUT2D eigenvalue weighted by Crippen LogP contribution is -2.40. The van der Waals surface area contributed by atoms with Crippen molar-refractivity contribution < 1.29 is 0 Å². The van der Waals surface area contributed by atoms with Crippen molar-refractivity contribution in [2.45, 2.75) is 38.8 Å². The van der Waals surface area contributed by atoms with Crippen LogP contribution in [0, 0.1) is 11.3 Å². The molecule has 1 aliphatic rings. The van der Waals surface area contributed by atoms with Crippen molar-refractivity contribution in [1.82, 2.24) is 14.9 Å². The van der Waals surface area contributed by atoms with Gasteiger partial charge in [-0.2, -0.15) is 10.2 Å². The Morgan fingerprint density at radius 3 is 2.79 bits per heavy atom. The van der Waals surface area contributed by atoms with Gasteiger partial charge in [-0.25, -0.2) is 4.98 Å². The normalized spacial score (nSPS) is 20.2. The third kappa shape index (κ3) is 3.12. The van der Waals surface area contributed by atoms with Crippen molar-refractivity contribution in [2.24, 2.45) is 0 Å². The van der Waals surface area contributed by atoms with E-state index in [1.165, 1.54) is 6.20 Å². The zero-order chi connectivity index (χ0) is 14.0. The largest absolute Gasteiger partial charge is 0.382 e. The molecule has 6 nitrogen and oxygen atoms in total. The lowest BCUT2D eigenvalue weighted by molar-refractivity contribution is 0.174. The molecule has 19 heavy (non-hydrogen) atoms. The highest BCUT2D eigenvalue weighted by Gasteiger charge is 2.30. The first-order valence-electron chi connectivity index (χ1n) is 6.44. The first-order chi connectivity index (χ1) is 8.90. The van der Waals surface area contributed by atoms with Gasteiger partial charge in [0.15, 0.2) is 0 Å². The van der Waals surface area contributed by atoms with E-state index in [2.05, 4.69) is 41.0 Å². The van der Waals surface area contributed by atoms with E-state index in [-0.39, 0.29) is 11.4 Å². The second-order valence-corrected chi connectivity index (χ2v) is 5.85. The van der Waals surface area contributed by atoms with Crippen molar-refractivity contribution in [3.63, 3.8) is 0 Å². The van der Waals surface area contributed by atoms with E-state index in [1.54, 1.807) is 0 Å². The van der Waals surface area contributed by atoms with Gasteiger partial charge in [0.05, 0.1) is 6.20 Å². The van der Waals surface area contributed by atoms with Crippen LogP contribution >= 0.6 is 0 Å². The number of nitriles is 1. The van der Waals surface area contributed by atoms with Gasteiger partial charge in [-0.05, 0) is 27.2 Å². The Bertz CT molecular complexity index is 499. The Morgan fingerprint density at radius 2 is 2.26 bits per heavy atom. The summed E-state index contributed by atoms with van der Waals surface area (Å²) < 4.78 is 0. The highest BCUT2D eigenvalue weighted by molar-refractivity contribution is 5.49. The van der Waals surface area contributed by atoms with Crippen LogP contribution in [0.1, 0.15) is 32.8 Å². The van der Waals surface area contributed by atoms with Crippen LogP contribution in [0.25, 0.3) is 0 Å². The first kappa shape index (κ1) is 13.6. The summed E-state index contributed by atoms with van der Waals surface area (Å²) in [5.74, 6) is 0.725. The molecule has 3 N–H and O–H groups in total. The van der Waals surface area contributed by atoms with E-state index in [0.29, 0.717) is 17.6 Å². The average Bonchev–Trinajstić information content (AvgIpc) is 2.77. The van der Waals surface area contributed by atoms with E-state index in [1.807, 2.05) is 6.07 Å². The summed E-state index contributed by atoms with van der Waals surface area (Å²) in [6, 6.07) is 2.28. The fourth-order valence-corrected chi connectivity index (χ4v) is 2.22. The fraction of sp³-hybridized carbons (Fsp3) is 0.615. The Morgan fingerprint density at radius 1 is 1.53 bits per heavy atom. The van der Waals surface area contributed by atoms with Gasteiger partial charge >= 0.3 is 0 Å². The summed E-state index contributed by atoms with van der Waals surface area (Å²) in [5, 5.41) is 12.1. The number of nitrogens with one attached hydrogen (secondary N) is 1. The topological polar surface area (TPSA) is 90.9 Å². The maximum Gasteiger partial charge on any atom is 0.224 e. The van der Waals surface area contributed by atoms with Crippen molar-refractivity contribution in [3.05, 3.63) is 11.8 Å². The van der Waals surface area contributed by atoms with Gasteiger partial charge in [0.25, 0.3) is 0 Å². The second-order valence-electron chi connectivity index (χ2n) is 5.85. The predicted molar refractivity (Wildman–Crippen MR) is 74.5 cm³/mol. The van der Waals surface area contributed by atoms with Gasteiger partial charge in [-0.15, -0.1) is 0 Å². The molecule has 0 saturated carbocycles. The number of hydrogen-bond donors (Lipinski definition) is 2. The molecular weight excluding hydrogens is 240 g/mol. The van der Waals surface area contributed by atoms with Gasteiger partial charge < -0.3 is 11.1 Å². The molecule has 0 aliphatic carbocycles. The summed E-state index contributed by atoms with van der Waals surface area (Å²) in [7, 11) is 0. The number of nitrogens with zero attached hydrogens (tertiary/aromatic N) is 4. The summed E-state index contributed by atoms with van der Waals surface area (Å²) in [6.45, 7) is 8.67. The van der Waals surface area contributed by atoms with Crippen molar-refractivity contribution in [2.75, 3.05) is 24.1 Å². The third-order valence-electron chi connectivity index (χ3n) is 3.41. The predicted octanol–water partition coefficient (Wildman–Crippen LogP) is 1.22. The molecule has 1 atom stereocenters. The fourth-order valence-electron chi connectivity index (χ4n) is 2.22. The van der Waals surface area contributed by atoms with E-state index in [9.17, 15) is 0 Å². The molecule has 0 radical (unpaired) electrons. The van der Waals surface area contributed by atoms with Crippen LogP contribution < -0.4 is 11.1 Å². The van der Waals surface area contributed by atoms with Crippen LogP contribution in [0.15, 0.2) is 6.20 Å². The maximum atomic E-state index is 8.78. The second kappa shape index (κ2) is 5.02. The average molecular weight is 260 g/mol. The van der Waals surface area contributed by atoms with Crippen LogP contribution in [-0.4, -0.2) is 39.5 Å². The van der Waals surface area contributed by atoms with Gasteiger partial charge in [-0.1, -0.05) is 0 Å². The summed E-state index contributed by atoms with van der Waals surface area (Å²) in [5.41, 5.74) is 6.17. The highest BCUT2D eigenvalue weighted by Crippen LogP contribution is 2.22. The van der Waals surface area contributed by atoms with Gasteiger partial charge in [0.1, 0.15) is 17.5 Å². The number of nitrogen functional groups attached to an aromatic ring is 1. The third-order valence-corrected chi connectivity index (χ3v) is 3.41. The van der Waals surface area contributed by atoms with E-state index < -0.39 is 0 Å². The molecule has 102 valence electrons. The van der Waals surface area contributed by atoms with Crippen LogP contribution in [0.4, 0.5) is 11.8 Å². The monoisotopic (exact) mass is 260 g/mol. The smallest absolute Gasteiger partial charge is 0.224 e. The minimum Gasteiger partial charge on any atom is -0.382 e. The molecule has 1 unspecified atom stereocenters. The first-order valence-corrected chi connectivity index (χ1v) is 6.44. The van der Waals surface area contributed by atoms with E-state index >= 15 is 0 Å². The quantitative estimate of drug-likeness (QED) is 0.830. The summed E-state index contributed by atoms with van der Waals surface area (Å²) >= 11 is 0. The molecular formula is C13H20N6. The Hall–Kier alpha value is -1.87. The van der Waals surface area contributed by atoms with Gasteiger partial charge in [0.2, 0.25) is 5.95 Å². The number of rotatable bonds is 2. The Kier molecular flexibility index (Phi) is 3.58. The number of anilines is 2. The number of nitrogens with two attached hydrogens (primary N) is 1. The molecule has 1 fully saturated rings. The minimum absolute atomic E-state index is 0.182. The molecule has 6 heteroatoms. The van der Waals surface area contributed by atoms with E-state index in [0.717, 1.165) is 19.5 Å². The molecule has 1 aromatic heterocycles. The van der Waals surface area contributed by atoms with Crippen molar-refractivity contribution in [3.8, 4) is 6.07 Å². The van der Waals surface area contributed by atoms with Crippen LogP contribution in [-0.2, 0) is 0 Å². The lowest BCUT2D eigenvalue weighted by atomic mass is 10.1. The highest BCUT2D eigenvalue weighted by atomic mass is 15.3. The molecule has 0 spiro atoms. The molecule has 0 bridgehead atoms. The van der Waals surface area contributed by atoms with Crippen LogP contribution in [0.2, 0.25) is 0 Å². The molecule has 1 aliphatic heterocycles. The van der Waals surface area contributed by atoms with Crippen molar-refractivity contribution in [1.29, 1.82) is 5.26 Å². The molecule has 0 amide bonds.